The van der Waals surface area contributed by atoms with Crippen molar-refractivity contribution in [2.24, 2.45) is 5.92 Å². The second kappa shape index (κ2) is 7.38. The van der Waals surface area contributed by atoms with Crippen LogP contribution in [0.1, 0.15) is 71.6 Å². The van der Waals surface area contributed by atoms with Crippen LogP contribution < -0.4 is 0 Å². The number of hydrogen-bond acceptors (Lipinski definition) is 2. The summed E-state index contributed by atoms with van der Waals surface area (Å²) < 4.78 is 5.58. The monoisotopic (exact) mass is 242 g/mol. The number of aliphatic hydroxyl groups excluding tert-OH is 1. The lowest BCUT2D eigenvalue weighted by Gasteiger charge is -2.42. The summed E-state index contributed by atoms with van der Waals surface area (Å²) in [6.45, 7) is 4.47. The molecule has 0 aromatic heterocycles. The van der Waals surface area contributed by atoms with Crippen molar-refractivity contribution in [3.05, 3.63) is 0 Å². The Hall–Kier alpha value is -0.0800. The number of ether oxygens (including phenoxy) is 1. The molecule has 17 heavy (non-hydrogen) atoms. The summed E-state index contributed by atoms with van der Waals surface area (Å²) in [6.07, 6.45) is 10.2. The maximum Gasteiger partial charge on any atom is 0.0703 e. The molecule has 1 rings (SSSR count). The number of rotatable bonds is 9. The van der Waals surface area contributed by atoms with Crippen molar-refractivity contribution >= 4 is 0 Å². The highest BCUT2D eigenvalue weighted by Crippen LogP contribution is 2.39. The van der Waals surface area contributed by atoms with E-state index < -0.39 is 0 Å². The molecule has 102 valence electrons. The molecule has 1 saturated carbocycles. The molecule has 1 fully saturated rings. The normalized spacial score (nSPS) is 21.9. The van der Waals surface area contributed by atoms with Crippen molar-refractivity contribution in [1.29, 1.82) is 0 Å². The summed E-state index contributed by atoms with van der Waals surface area (Å²) in [5.74, 6) is 0.693. The molecule has 2 heteroatoms. The van der Waals surface area contributed by atoms with Crippen LogP contribution in [0.2, 0.25) is 0 Å². The van der Waals surface area contributed by atoms with Gasteiger partial charge in [0.1, 0.15) is 0 Å². The van der Waals surface area contributed by atoms with E-state index >= 15 is 0 Å². The topological polar surface area (TPSA) is 29.5 Å². The van der Waals surface area contributed by atoms with Crippen LogP contribution >= 0.6 is 0 Å². The second-order valence-electron chi connectivity index (χ2n) is 5.75. The van der Waals surface area contributed by atoms with E-state index in [9.17, 15) is 5.11 Å². The van der Waals surface area contributed by atoms with Gasteiger partial charge < -0.3 is 9.84 Å². The lowest BCUT2D eigenvalue weighted by atomic mass is 9.75. The molecular weight excluding hydrogens is 212 g/mol. The van der Waals surface area contributed by atoms with Gasteiger partial charge in [-0.1, -0.05) is 39.5 Å². The molecule has 0 aromatic carbocycles. The third-order valence-corrected chi connectivity index (χ3v) is 4.45. The fourth-order valence-electron chi connectivity index (χ4n) is 2.94. The molecule has 0 amide bonds. The zero-order valence-corrected chi connectivity index (χ0v) is 11.9. The van der Waals surface area contributed by atoms with Crippen LogP contribution in [0.15, 0.2) is 0 Å². The third-order valence-electron chi connectivity index (χ3n) is 4.45. The van der Waals surface area contributed by atoms with Gasteiger partial charge in [0.05, 0.1) is 11.7 Å². The summed E-state index contributed by atoms with van der Waals surface area (Å²) in [7, 11) is 1.79. The molecule has 0 radical (unpaired) electrons. The van der Waals surface area contributed by atoms with Gasteiger partial charge >= 0.3 is 0 Å². The maximum absolute atomic E-state index is 10.2. The SMILES string of the molecule is CCCCC(CC)CC(O)CC1(OC)CCC1. The van der Waals surface area contributed by atoms with Gasteiger partial charge in [-0.2, -0.15) is 0 Å². The van der Waals surface area contributed by atoms with Gasteiger partial charge in [0, 0.05) is 13.5 Å². The largest absolute Gasteiger partial charge is 0.393 e. The first kappa shape index (κ1) is 15.0. The number of methoxy groups -OCH3 is 1. The lowest BCUT2D eigenvalue weighted by molar-refractivity contribution is -0.102. The second-order valence-corrected chi connectivity index (χ2v) is 5.75. The Bertz CT molecular complexity index is 194. The summed E-state index contributed by atoms with van der Waals surface area (Å²) >= 11 is 0. The van der Waals surface area contributed by atoms with E-state index in [1.54, 1.807) is 7.11 Å². The van der Waals surface area contributed by atoms with Crippen LogP contribution in [0.5, 0.6) is 0 Å². The highest BCUT2D eigenvalue weighted by atomic mass is 16.5. The van der Waals surface area contributed by atoms with Gasteiger partial charge in [0.2, 0.25) is 0 Å². The van der Waals surface area contributed by atoms with E-state index in [4.69, 9.17) is 4.74 Å². The highest BCUT2D eigenvalue weighted by Gasteiger charge is 2.38. The van der Waals surface area contributed by atoms with E-state index in [2.05, 4.69) is 13.8 Å². The van der Waals surface area contributed by atoms with Crippen molar-refractivity contribution in [2.45, 2.75) is 83.3 Å². The van der Waals surface area contributed by atoms with Gasteiger partial charge in [-0.25, -0.2) is 0 Å². The van der Waals surface area contributed by atoms with Crippen LogP contribution in [0.3, 0.4) is 0 Å². The molecular formula is C15H30O2. The summed E-state index contributed by atoms with van der Waals surface area (Å²) in [6, 6.07) is 0. The van der Waals surface area contributed by atoms with Crippen LogP contribution in [0.25, 0.3) is 0 Å². The molecule has 0 spiro atoms. The molecule has 2 nitrogen and oxygen atoms in total. The zero-order chi connectivity index (χ0) is 12.7. The predicted molar refractivity (Wildman–Crippen MR) is 72.1 cm³/mol. The zero-order valence-electron chi connectivity index (χ0n) is 11.9. The number of aliphatic hydroxyl groups is 1. The molecule has 1 aliphatic carbocycles. The first-order valence-corrected chi connectivity index (χ1v) is 7.39. The summed E-state index contributed by atoms with van der Waals surface area (Å²) in [4.78, 5) is 0. The highest BCUT2D eigenvalue weighted by molar-refractivity contribution is 4.91. The average Bonchev–Trinajstić information content (AvgIpc) is 2.29. The quantitative estimate of drug-likeness (QED) is 0.664. The Morgan fingerprint density at radius 3 is 2.41 bits per heavy atom. The van der Waals surface area contributed by atoms with Gasteiger partial charge in [-0.05, 0) is 31.6 Å². The van der Waals surface area contributed by atoms with Crippen molar-refractivity contribution in [2.75, 3.05) is 7.11 Å². The first-order chi connectivity index (χ1) is 8.15. The standard InChI is InChI=1S/C15H30O2/c1-4-6-8-13(5-2)11-14(16)12-15(17-3)9-7-10-15/h13-14,16H,4-12H2,1-3H3. The molecule has 0 aromatic rings. The van der Waals surface area contributed by atoms with Crippen LogP contribution in [0, 0.1) is 5.92 Å². The van der Waals surface area contributed by atoms with Gasteiger partial charge in [-0.15, -0.1) is 0 Å². The Balaban J connectivity index is 2.28. The fraction of sp³-hybridized carbons (Fsp3) is 1.00. The van der Waals surface area contributed by atoms with Crippen molar-refractivity contribution in [3.8, 4) is 0 Å². The molecule has 1 aliphatic rings. The molecule has 1 N–H and O–H groups in total. The molecule has 0 heterocycles. The van der Waals surface area contributed by atoms with Gasteiger partial charge in [-0.3, -0.25) is 0 Å². The van der Waals surface area contributed by atoms with Crippen LogP contribution in [-0.2, 0) is 4.74 Å². The Kier molecular flexibility index (Phi) is 6.50. The van der Waals surface area contributed by atoms with Gasteiger partial charge in [0.15, 0.2) is 0 Å². The van der Waals surface area contributed by atoms with E-state index in [0.717, 1.165) is 25.7 Å². The fourth-order valence-corrected chi connectivity index (χ4v) is 2.94. The summed E-state index contributed by atoms with van der Waals surface area (Å²) in [5, 5.41) is 10.2. The minimum atomic E-state index is -0.169. The Labute approximate surface area is 107 Å². The van der Waals surface area contributed by atoms with Crippen LogP contribution in [-0.4, -0.2) is 23.9 Å². The molecule has 2 unspecified atom stereocenters. The van der Waals surface area contributed by atoms with E-state index in [1.807, 2.05) is 0 Å². The molecule has 0 bridgehead atoms. The van der Waals surface area contributed by atoms with E-state index in [1.165, 1.54) is 32.1 Å². The maximum atomic E-state index is 10.2. The predicted octanol–water partition coefficient (Wildman–Crippen LogP) is 3.91. The Morgan fingerprint density at radius 1 is 1.29 bits per heavy atom. The number of unbranched alkanes of at least 4 members (excludes halogenated alkanes) is 1. The molecule has 2 atom stereocenters. The smallest absolute Gasteiger partial charge is 0.0703 e. The molecule has 0 aliphatic heterocycles. The Morgan fingerprint density at radius 2 is 2.00 bits per heavy atom. The third kappa shape index (κ3) is 4.59. The van der Waals surface area contributed by atoms with Gasteiger partial charge in [0.25, 0.3) is 0 Å². The lowest BCUT2D eigenvalue weighted by Crippen LogP contribution is -2.42. The minimum absolute atomic E-state index is 0.0163. The summed E-state index contributed by atoms with van der Waals surface area (Å²) in [5.41, 5.74) is 0.0163. The minimum Gasteiger partial charge on any atom is -0.393 e. The van der Waals surface area contributed by atoms with E-state index in [-0.39, 0.29) is 11.7 Å². The first-order valence-electron chi connectivity index (χ1n) is 7.39. The van der Waals surface area contributed by atoms with Crippen molar-refractivity contribution in [1.82, 2.24) is 0 Å². The number of hydrogen-bond donors (Lipinski definition) is 1. The molecule has 0 saturated heterocycles. The average molecular weight is 242 g/mol. The van der Waals surface area contributed by atoms with Crippen LogP contribution in [0.4, 0.5) is 0 Å². The van der Waals surface area contributed by atoms with Crippen molar-refractivity contribution < 1.29 is 9.84 Å². The van der Waals surface area contributed by atoms with Crippen molar-refractivity contribution in [3.63, 3.8) is 0 Å². The van der Waals surface area contributed by atoms with E-state index in [0.29, 0.717) is 5.92 Å².